The summed E-state index contributed by atoms with van der Waals surface area (Å²) in [5, 5.41) is 8.85. The molecule has 2 unspecified atom stereocenters. The van der Waals surface area contributed by atoms with Gasteiger partial charge in [-0.25, -0.2) is 12.8 Å². The predicted octanol–water partition coefficient (Wildman–Crippen LogP) is 1.64. The first-order valence-corrected chi connectivity index (χ1v) is 8.31. The molecule has 1 saturated heterocycles. The van der Waals surface area contributed by atoms with Gasteiger partial charge in [0.25, 0.3) is 0 Å². The van der Waals surface area contributed by atoms with Crippen molar-refractivity contribution < 1.29 is 17.5 Å². The summed E-state index contributed by atoms with van der Waals surface area (Å²) in [5.74, 6) is -0.711. The molecule has 0 radical (unpaired) electrons. The molecular weight excluding hydrogens is 295 g/mol. The van der Waals surface area contributed by atoms with E-state index < -0.39 is 15.8 Å². The maximum absolute atomic E-state index is 13.4. The summed E-state index contributed by atoms with van der Waals surface area (Å²) in [6.07, 6.45) is 2.53. The van der Waals surface area contributed by atoms with Crippen LogP contribution < -0.4 is 0 Å². The van der Waals surface area contributed by atoms with E-state index >= 15 is 0 Å². The Kier molecular flexibility index (Phi) is 3.69. The molecule has 0 amide bonds. The minimum Gasteiger partial charge on any atom is -0.375 e. The first kappa shape index (κ1) is 14.4. The third-order valence-electron chi connectivity index (χ3n) is 4.10. The SMILES string of the molecule is N#Cc1cc(S(=O)(=O)N2CCOC3CCCC32)ccc1F. The largest absolute Gasteiger partial charge is 0.375 e. The van der Waals surface area contributed by atoms with E-state index in [-0.39, 0.29) is 22.6 Å². The summed E-state index contributed by atoms with van der Waals surface area (Å²) in [6, 6.07) is 4.86. The zero-order chi connectivity index (χ0) is 15.0. The summed E-state index contributed by atoms with van der Waals surface area (Å²) in [6.45, 7) is 0.662. The van der Waals surface area contributed by atoms with Gasteiger partial charge in [0.1, 0.15) is 11.9 Å². The van der Waals surface area contributed by atoms with E-state index in [1.54, 1.807) is 6.07 Å². The molecule has 1 saturated carbocycles. The standard InChI is InChI=1S/C14H15FN2O3S/c15-12-5-4-11(8-10(12)9-16)21(18,19)17-6-7-20-14-3-1-2-13(14)17/h4-5,8,13-14H,1-3,6-7H2. The fraction of sp³-hybridized carbons (Fsp3) is 0.500. The third kappa shape index (κ3) is 2.44. The second-order valence-corrected chi connectivity index (χ2v) is 7.17. The van der Waals surface area contributed by atoms with Crippen molar-refractivity contribution in [1.82, 2.24) is 4.31 Å². The van der Waals surface area contributed by atoms with Crippen molar-refractivity contribution >= 4 is 10.0 Å². The second kappa shape index (κ2) is 5.37. The zero-order valence-electron chi connectivity index (χ0n) is 11.3. The molecule has 1 aromatic carbocycles. The van der Waals surface area contributed by atoms with Crippen LogP contribution in [0.25, 0.3) is 0 Å². The van der Waals surface area contributed by atoms with E-state index in [1.165, 1.54) is 10.4 Å². The Morgan fingerprint density at radius 1 is 1.38 bits per heavy atom. The molecule has 0 spiro atoms. The molecule has 0 bridgehead atoms. The predicted molar refractivity (Wildman–Crippen MR) is 72.4 cm³/mol. The second-order valence-electron chi connectivity index (χ2n) is 5.28. The van der Waals surface area contributed by atoms with Crippen LogP contribution in [0.3, 0.4) is 0 Å². The van der Waals surface area contributed by atoms with Crippen LogP contribution in [0.5, 0.6) is 0 Å². The number of halogens is 1. The van der Waals surface area contributed by atoms with Gasteiger partial charge >= 0.3 is 0 Å². The lowest BCUT2D eigenvalue weighted by molar-refractivity contribution is -0.0241. The van der Waals surface area contributed by atoms with Crippen LogP contribution >= 0.6 is 0 Å². The summed E-state index contributed by atoms with van der Waals surface area (Å²) in [4.78, 5) is -0.0343. The molecule has 1 aliphatic heterocycles. The van der Waals surface area contributed by atoms with E-state index in [4.69, 9.17) is 10.00 Å². The Morgan fingerprint density at radius 2 is 2.19 bits per heavy atom. The molecule has 1 aromatic rings. The third-order valence-corrected chi connectivity index (χ3v) is 6.02. The van der Waals surface area contributed by atoms with Gasteiger partial charge in [0.05, 0.1) is 29.2 Å². The highest BCUT2D eigenvalue weighted by atomic mass is 32.2. The monoisotopic (exact) mass is 310 g/mol. The lowest BCUT2D eigenvalue weighted by Gasteiger charge is -2.36. The Labute approximate surface area is 123 Å². The highest BCUT2D eigenvalue weighted by molar-refractivity contribution is 7.89. The molecule has 21 heavy (non-hydrogen) atoms. The number of hydrogen-bond donors (Lipinski definition) is 0. The first-order chi connectivity index (χ1) is 10.0. The lowest BCUT2D eigenvalue weighted by Crippen LogP contribution is -2.51. The van der Waals surface area contributed by atoms with Crippen LogP contribution in [0.4, 0.5) is 4.39 Å². The summed E-state index contributed by atoms with van der Waals surface area (Å²) >= 11 is 0. The first-order valence-electron chi connectivity index (χ1n) is 6.87. The van der Waals surface area contributed by atoms with E-state index in [0.717, 1.165) is 31.4 Å². The normalized spacial score (nSPS) is 26.3. The number of fused-ring (bicyclic) bond motifs is 1. The summed E-state index contributed by atoms with van der Waals surface area (Å²) in [7, 11) is -3.73. The molecular formula is C14H15FN2O3S. The van der Waals surface area contributed by atoms with Crippen molar-refractivity contribution in [3.8, 4) is 6.07 Å². The number of benzene rings is 1. The van der Waals surface area contributed by atoms with Gasteiger partial charge in [-0.1, -0.05) is 0 Å². The van der Waals surface area contributed by atoms with E-state index in [0.29, 0.717) is 13.2 Å². The van der Waals surface area contributed by atoms with Crippen LogP contribution in [0.2, 0.25) is 0 Å². The van der Waals surface area contributed by atoms with Crippen molar-refractivity contribution in [3.05, 3.63) is 29.6 Å². The Bertz CT molecular complexity index is 699. The minimum absolute atomic E-state index is 0.0343. The summed E-state index contributed by atoms with van der Waals surface area (Å²) < 4.78 is 45.9. The van der Waals surface area contributed by atoms with Crippen LogP contribution in [0.15, 0.2) is 23.1 Å². The highest BCUT2D eigenvalue weighted by Gasteiger charge is 2.42. The van der Waals surface area contributed by atoms with Gasteiger partial charge in [-0.15, -0.1) is 0 Å². The topological polar surface area (TPSA) is 70.4 Å². The van der Waals surface area contributed by atoms with Crippen molar-refractivity contribution in [1.29, 1.82) is 5.26 Å². The number of ether oxygens (including phenoxy) is 1. The minimum atomic E-state index is -3.73. The molecule has 0 aromatic heterocycles. The Balaban J connectivity index is 1.98. The van der Waals surface area contributed by atoms with Gasteiger partial charge in [0.2, 0.25) is 10.0 Å². The number of nitriles is 1. The quantitative estimate of drug-likeness (QED) is 0.832. The molecule has 0 N–H and O–H groups in total. The molecule has 5 nitrogen and oxygen atoms in total. The molecule has 3 rings (SSSR count). The average Bonchev–Trinajstić information content (AvgIpc) is 2.95. The highest BCUT2D eigenvalue weighted by Crippen LogP contribution is 2.33. The zero-order valence-corrected chi connectivity index (χ0v) is 12.1. The van der Waals surface area contributed by atoms with Gasteiger partial charge in [0, 0.05) is 6.54 Å². The van der Waals surface area contributed by atoms with Crippen molar-refractivity contribution in [3.63, 3.8) is 0 Å². The van der Waals surface area contributed by atoms with E-state index in [2.05, 4.69) is 0 Å². The number of nitrogens with zero attached hydrogens (tertiary/aromatic N) is 2. The van der Waals surface area contributed by atoms with Gasteiger partial charge in [0.15, 0.2) is 0 Å². The van der Waals surface area contributed by atoms with Crippen molar-refractivity contribution in [2.24, 2.45) is 0 Å². The molecule has 2 aliphatic rings. The number of morpholine rings is 1. The molecule has 7 heteroatoms. The van der Waals surface area contributed by atoms with Gasteiger partial charge in [-0.3, -0.25) is 0 Å². The lowest BCUT2D eigenvalue weighted by atomic mass is 10.2. The van der Waals surface area contributed by atoms with E-state index in [1.807, 2.05) is 0 Å². The molecule has 1 aliphatic carbocycles. The van der Waals surface area contributed by atoms with Gasteiger partial charge < -0.3 is 4.74 Å². The molecule has 112 valence electrons. The fourth-order valence-electron chi connectivity index (χ4n) is 3.07. The number of sulfonamides is 1. The fourth-order valence-corrected chi connectivity index (χ4v) is 4.76. The Hall–Kier alpha value is -1.49. The van der Waals surface area contributed by atoms with Crippen molar-refractivity contribution in [2.75, 3.05) is 13.2 Å². The number of hydrogen-bond acceptors (Lipinski definition) is 4. The van der Waals surface area contributed by atoms with Crippen molar-refractivity contribution in [2.45, 2.75) is 36.3 Å². The average molecular weight is 310 g/mol. The number of rotatable bonds is 2. The van der Waals surface area contributed by atoms with Crippen LogP contribution in [0, 0.1) is 17.1 Å². The van der Waals surface area contributed by atoms with E-state index in [9.17, 15) is 12.8 Å². The van der Waals surface area contributed by atoms with Gasteiger partial charge in [-0.2, -0.15) is 9.57 Å². The Morgan fingerprint density at radius 3 is 2.95 bits per heavy atom. The van der Waals surface area contributed by atoms with Crippen LogP contribution in [-0.4, -0.2) is 38.0 Å². The molecule has 1 heterocycles. The molecule has 2 atom stereocenters. The van der Waals surface area contributed by atoms with Crippen LogP contribution in [-0.2, 0) is 14.8 Å². The van der Waals surface area contributed by atoms with Crippen LogP contribution in [0.1, 0.15) is 24.8 Å². The smallest absolute Gasteiger partial charge is 0.243 e. The maximum Gasteiger partial charge on any atom is 0.243 e. The maximum atomic E-state index is 13.4. The van der Waals surface area contributed by atoms with Gasteiger partial charge in [-0.05, 0) is 37.5 Å². The molecule has 2 fully saturated rings. The summed E-state index contributed by atoms with van der Waals surface area (Å²) in [5.41, 5.74) is -0.257.